The van der Waals surface area contributed by atoms with Crippen molar-refractivity contribution in [3.05, 3.63) is 36.0 Å². The molecule has 0 fully saturated rings. The minimum absolute atomic E-state index is 0.143. The summed E-state index contributed by atoms with van der Waals surface area (Å²) >= 11 is 0. The number of aliphatic hydroxyl groups is 1. The summed E-state index contributed by atoms with van der Waals surface area (Å²) in [7, 11) is 0. The number of furan rings is 1. The molecule has 2 heterocycles. The van der Waals surface area contributed by atoms with Gasteiger partial charge >= 0.3 is 0 Å². The van der Waals surface area contributed by atoms with Crippen LogP contribution in [0.1, 0.15) is 18.4 Å². The number of aliphatic hydroxyl groups excluding tert-OH is 1. The van der Waals surface area contributed by atoms with Crippen molar-refractivity contribution in [3.63, 3.8) is 0 Å². The highest BCUT2D eigenvalue weighted by Gasteiger charge is 2.16. The molecule has 0 atom stereocenters. The Morgan fingerprint density at radius 2 is 2.29 bits per heavy atom. The fourth-order valence-electron chi connectivity index (χ4n) is 1.24. The van der Waals surface area contributed by atoms with Gasteiger partial charge in [-0.2, -0.15) is 0 Å². The van der Waals surface area contributed by atoms with E-state index < -0.39 is 0 Å². The molecule has 0 bridgehead atoms. The largest absolute Gasteiger partial charge is 0.459 e. The maximum Gasteiger partial charge on any atom is 0.263 e. The first-order valence-electron chi connectivity index (χ1n) is 4.22. The van der Waals surface area contributed by atoms with Gasteiger partial charge in [0.15, 0.2) is 5.76 Å². The predicted molar refractivity (Wildman–Crippen MR) is 48.9 cm³/mol. The molecule has 0 saturated heterocycles. The summed E-state index contributed by atoms with van der Waals surface area (Å²) in [5, 5.41) is 9.28. The van der Waals surface area contributed by atoms with Crippen LogP contribution in [0.4, 0.5) is 0 Å². The second kappa shape index (κ2) is 3.31. The van der Waals surface area contributed by atoms with E-state index in [-0.39, 0.29) is 6.10 Å². The minimum Gasteiger partial charge on any atom is -0.459 e. The predicted octanol–water partition coefficient (Wildman–Crippen LogP) is 2.52. The second-order valence-corrected chi connectivity index (χ2v) is 2.99. The molecule has 0 spiro atoms. The molecule has 73 valence electrons. The average Bonchev–Trinajstić information content (AvgIpc) is 2.70. The maximum absolute atomic E-state index is 9.28. The molecular weight excluding hydrogens is 182 g/mol. The van der Waals surface area contributed by atoms with E-state index in [4.69, 9.17) is 8.83 Å². The third kappa shape index (κ3) is 1.44. The Morgan fingerprint density at radius 3 is 2.79 bits per heavy atom. The quantitative estimate of drug-likeness (QED) is 0.794. The fourth-order valence-corrected chi connectivity index (χ4v) is 1.24. The number of nitrogens with zero attached hydrogens (tertiary/aromatic N) is 1. The molecule has 0 amide bonds. The van der Waals surface area contributed by atoms with Crippen LogP contribution >= 0.6 is 0 Å². The number of oxazole rings is 1. The first-order valence-corrected chi connectivity index (χ1v) is 4.22. The average molecular weight is 192 g/mol. The van der Waals surface area contributed by atoms with Crippen molar-refractivity contribution in [1.82, 2.24) is 4.98 Å². The van der Waals surface area contributed by atoms with Crippen molar-refractivity contribution in [2.45, 2.75) is 13.8 Å². The lowest BCUT2D eigenvalue weighted by atomic mass is 10.2. The third-order valence-electron chi connectivity index (χ3n) is 1.87. The third-order valence-corrected chi connectivity index (χ3v) is 1.87. The van der Waals surface area contributed by atoms with E-state index in [0.29, 0.717) is 23.1 Å². The molecule has 2 aromatic heterocycles. The number of aromatic nitrogens is 1. The van der Waals surface area contributed by atoms with Gasteiger partial charge in [-0.25, -0.2) is 4.98 Å². The number of hydrogen-bond donors (Lipinski definition) is 1. The van der Waals surface area contributed by atoms with Crippen molar-refractivity contribution < 1.29 is 13.9 Å². The lowest BCUT2D eigenvalue weighted by Gasteiger charge is -1.95. The zero-order valence-electron chi connectivity index (χ0n) is 7.94. The van der Waals surface area contributed by atoms with Gasteiger partial charge in [0.05, 0.1) is 6.26 Å². The monoisotopic (exact) mass is 192 g/mol. The van der Waals surface area contributed by atoms with Crippen LogP contribution in [0.5, 0.6) is 0 Å². The topological polar surface area (TPSA) is 59.4 Å². The Hall–Kier alpha value is -1.55. The van der Waals surface area contributed by atoms with Crippen molar-refractivity contribution in [2.24, 2.45) is 0 Å². The van der Waals surface area contributed by atoms with Crippen LogP contribution in [-0.2, 0) is 0 Å². The van der Waals surface area contributed by atoms with Crippen LogP contribution in [0, 0.1) is 13.0 Å². The van der Waals surface area contributed by atoms with E-state index >= 15 is 0 Å². The van der Waals surface area contributed by atoms with Gasteiger partial charge in [0, 0.05) is 0 Å². The van der Waals surface area contributed by atoms with E-state index in [1.807, 2.05) is 0 Å². The Morgan fingerprint density at radius 1 is 1.50 bits per heavy atom. The van der Waals surface area contributed by atoms with Crippen LogP contribution in [0.15, 0.2) is 27.2 Å². The number of hydrogen-bond acceptors (Lipinski definition) is 4. The van der Waals surface area contributed by atoms with Gasteiger partial charge in [-0.05, 0) is 26.0 Å². The zero-order valence-corrected chi connectivity index (χ0v) is 7.94. The summed E-state index contributed by atoms with van der Waals surface area (Å²) in [6.07, 6.45) is 1.69. The molecule has 2 aromatic rings. The highest BCUT2D eigenvalue weighted by Crippen LogP contribution is 2.24. The standard InChI is InChI=1S/C10H10NO3/c1-6(12)9-7(2)14-10(11-9)8-4-3-5-13-8/h3-5,12H,1-2H3. The smallest absolute Gasteiger partial charge is 0.263 e. The lowest BCUT2D eigenvalue weighted by Crippen LogP contribution is -1.94. The van der Waals surface area contributed by atoms with Gasteiger partial charge in [-0.1, -0.05) is 0 Å². The molecule has 4 nitrogen and oxygen atoms in total. The molecule has 2 rings (SSSR count). The molecule has 0 aliphatic heterocycles. The van der Waals surface area contributed by atoms with Crippen molar-refractivity contribution in [1.29, 1.82) is 0 Å². The number of rotatable bonds is 2. The van der Waals surface area contributed by atoms with Crippen LogP contribution in [0.25, 0.3) is 11.7 Å². The Labute approximate surface area is 81.2 Å². The summed E-state index contributed by atoms with van der Waals surface area (Å²) in [4.78, 5) is 4.10. The first-order chi connectivity index (χ1) is 6.68. The molecule has 4 heteroatoms. The summed E-state index contributed by atoms with van der Waals surface area (Å²) in [5.74, 6) is 1.52. The van der Waals surface area contributed by atoms with Crippen molar-refractivity contribution in [2.75, 3.05) is 0 Å². The fraction of sp³-hybridized carbons (Fsp3) is 0.200. The molecule has 0 saturated carbocycles. The highest BCUT2D eigenvalue weighted by atomic mass is 16.4. The summed E-state index contributed by atoms with van der Waals surface area (Å²) in [6.45, 7) is 3.31. The van der Waals surface area contributed by atoms with Crippen molar-refractivity contribution >= 4 is 0 Å². The molecule has 1 N–H and O–H groups in total. The van der Waals surface area contributed by atoms with Crippen LogP contribution in [0.2, 0.25) is 0 Å². The Bertz CT molecular complexity index is 415. The molecule has 14 heavy (non-hydrogen) atoms. The first kappa shape index (κ1) is 9.02. The van der Waals surface area contributed by atoms with Crippen LogP contribution < -0.4 is 0 Å². The SMILES string of the molecule is C[C](O)c1nc(-c2ccco2)oc1C. The van der Waals surface area contributed by atoms with Crippen molar-refractivity contribution in [3.8, 4) is 11.7 Å². The maximum atomic E-state index is 9.28. The van der Waals surface area contributed by atoms with Crippen LogP contribution in [0.3, 0.4) is 0 Å². The molecule has 0 aliphatic rings. The van der Waals surface area contributed by atoms with E-state index in [1.165, 1.54) is 0 Å². The summed E-state index contributed by atoms with van der Waals surface area (Å²) < 4.78 is 10.5. The number of aryl methyl sites for hydroxylation is 1. The van der Waals surface area contributed by atoms with Crippen LogP contribution in [-0.4, -0.2) is 10.1 Å². The molecule has 1 radical (unpaired) electrons. The minimum atomic E-state index is 0.143. The van der Waals surface area contributed by atoms with Gasteiger partial charge in [0.25, 0.3) is 5.89 Å². The second-order valence-electron chi connectivity index (χ2n) is 2.99. The molecule has 0 aliphatic carbocycles. The van der Waals surface area contributed by atoms with E-state index in [9.17, 15) is 5.11 Å². The molecule has 0 unspecified atom stereocenters. The summed E-state index contributed by atoms with van der Waals surface area (Å²) in [6, 6.07) is 3.51. The van der Waals surface area contributed by atoms with Gasteiger partial charge in [0.1, 0.15) is 17.6 Å². The van der Waals surface area contributed by atoms with E-state index in [1.54, 1.807) is 32.2 Å². The van der Waals surface area contributed by atoms with E-state index in [0.717, 1.165) is 0 Å². The molecular formula is C10H10NO3. The molecule has 0 aromatic carbocycles. The van der Waals surface area contributed by atoms with Gasteiger partial charge in [-0.3, -0.25) is 0 Å². The Balaban J connectivity index is 2.43. The summed E-state index contributed by atoms with van der Waals surface area (Å²) in [5.41, 5.74) is 0.469. The highest BCUT2D eigenvalue weighted by molar-refractivity contribution is 5.45. The normalized spacial score (nSPS) is 11.1. The van der Waals surface area contributed by atoms with Gasteiger partial charge in [0.2, 0.25) is 0 Å². The van der Waals surface area contributed by atoms with Gasteiger partial charge in [-0.15, -0.1) is 0 Å². The lowest BCUT2D eigenvalue weighted by molar-refractivity contribution is 0.334. The zero-order chi connectivity index (χ0) is 10.1. The Kier molecular flexibility index (Phi) is 2.13. The van der Waals surface area contributed by atoms with Gasteiger partial charge < -0.3 is 13.9 Å². The van der Waals surface area contributed by atoms with E-state index in [2.05, 4.69) is 4.98 Å².